The molecule has 1 unspecified atom stereocenters. The molecule has 0 saturated carbocycles. The molecule has 1 N–H and O–H groups in total. The number of ether oxygens (including phenoxy) is 1. The van der Waals surface area contributed by atoms with Crippen LogP contribution in [-0.2, 0) is 6.42 Å². The third-order valence-corrected chi connectivity index (χ3v) is 5.37. The lowest BCUT2D eigenvalue weighted by atomic mass is 9.98. The molecule has 1 aromatic heterocycles. The molecule has 2 aromatic rings. The molecular formula is C16H18INOS. The van der Waals surface area contributed by atoms with E-state index in [2.05, 4.69) is 64.5 Å². The second-order valence-electron chi connectivity index (χ2n) is 5.04. The largest absolute Gasteiger partial charge is 0.493 e. The fourth-order valence-electron chi connectivity index (χ4n) is 2.58. The molecule has 0 radical (unpaired) electrons. The minimum absolute atomic E-state index is 0.292. The maximum atomic E-state index is 5.60. The highest BCUT2D eigenvalue weighted by Gasteiger charge is 2.18. The maximum absolute atomic E-state index is 5.60. The number of hydrogen-bond acceptors (Lipinski definition) is 3. The van der Waals surface area contributed by atoms with Crippen LogP contribution in [0.4, 0.5) is 0 Å². The second kappa shape index (κ2) is 6.45. The molecule has 1 aromatic carbocycles. The van der Waals surface area contributed by atoms with E-state index >= 15 is 0 Å². The van der Waals surface area contributed by atoms with Gasteiger partial charge in [-0.3, -0.25) is 0 Å². The zero-order valence-corrected chi connectivity index (χ0v) is 14.5. The molecule has 0 aliphatic carbocycles. The minimum Gasteiger partial charge on any atom is -0.493 e. The second-order valence-corrected chi connectivity index (χ2v) is 7.84. The number of halogens is 1. The summed E-state index contributed by atoms with van der Waals surface area (Å²) in [5.74, 6) is 1.06. The van der Waals surface area contributed by atoms with E-state index in [-0.39, 0.29) is 0 Å². The van der Waals surface area contributed by atoms with E-state index in [1.807, 2.05) is 11.3 Å². The third kappa shape index (κ3) is 3.02. The quantitative estimate of drug-likeness (QED) is 0.754. The van der Waals surface area contributed by atoms with E-state index in [0.717, 1.165) is 31.7 Å². The van der Waals surface area contributed by atoms with Crippen LogP contribution in [0.15, 0.2) is 29.6 Å². The van der Waals surface area contributed by atoms with Crippen molar-refractivity contribution in [1.29, 1.82) is 0 Å². The van der Waals surface area contributed by atoms with Crippen LogP contribution in [0.2, 0.25) is 0 Å². The number of benzene rings is 1. The molecule has 0 fully saturated rings. The van der Waals surface area contributed by atoms with Gasteiger partial charge in [0.25, 0.3) is 0 Å². The van der Waals surface area contributed by atoms with Gasteiger partial charge in [0, 0.05) is 6.42 Å². The van der Waals surface area contributed by atoms with Gasteiger partial charge in [-0.25, -0.2) is 0 Å². The minimum atomic E-state index is 0.292. The monoisotopic (exact) mass is 399 g/mol. The van der Waals surface area contributed by atoms with Gasteiger partial charge in [0.05, 0.1) is 15.5 Å². The Labute approximate surface area is 137 Å². The molecule has 3 rings (SSSR count). The van der Waals surface area contributed by atoms with Crippen LogP contribution >= 0.6 is 33.9 Å². The van der Waals surface area contributed by atoms with Crippen molar-refractivity contribution in [1.82, 2.24) is 5.32 Å². The van der Waals surface area contributed by atoms with E-state index < -0.39 is 0 Å². The summed E-state index contributed by atoms with van der Waals surface area (Å²) in [6, 6.07) is 9.20. The van der Waals surface area contributed by atoms with Crippen molar-refractivity contribution in [3.8, 4) is 5.75 Å². The summed E-state index contributed by atoms with van der Waals surface area (Å²) in [5.41, 5.74) is 4.05. The molecule has 1 aliphatic rings. The summed E-state index contributed by atoms with van der Waals surface area (Å²) >= 11 is 4.20. The fraction of sp³-hybridized carbons (Fsp3) is 0.375. The number of rotatable bonds is 5. The molecule has 4 heteroatoms. The maximum Gasteiger partial charge on any atom is 0.122 e. The van der Waals surface area contributed by atoms with Gasteiger partial charge in [0.1, 0.15) is 5.75 Å². The Morgan fingerprint density at radius 3 is 3.00 bits per heavy atom. The van der Waals surface area contributed by atoms with E-state index in [0.29, 0.717) is 6.04 Å². The summed E-state index contributed by atoms with van der Waals surface area (Å²) in [5, 5.41) is 5.93. The number of thiophene rings is 1. The van der Waals surface area contributed by atoms with Crippen molar-refractivity contribution < 1.29 is 4.74 Å². The first-order valence-corrected chi connectivity index (χ1v) is 8.96. The van der Waals surface area contributed by atoms with Crippen LogP contribution in [0.25, 0.3) is 0 Å². The van der Waals surface area contributed by atoms with Gasteiger partial charge in [-0.05, 0) is 69.8 Å². The standard InChI is InChI=1S/C16H18INOS/c1-2-6-18-16(13-9-15(17)20-10-13)12-3-4-14-11(8-12)5-7-19-14/h3-4,8-10,16,18H,2,5-7H2,1H3. The van der Waals surface area contributed by atoms with Crippen LogP contribution in [-0.4, -0.2) is 13.2 Å². The van der Waals surface area contributed by atoms with Gasteiger partial charge in [0.2, 0.25) is 0 Å². The summed E-state index contributed by atoms with van der Waals surface area (Å²) in [7, 11) is 0. The van der Waals surface area contributed by atoms with E-state index in [4.69, 9.17) is 4.74 Å². The number of hydrogen-bond donors (Lipinski definition) is 1. The average Bonchev–Trinajstić information content (AvgIpc) is 3.07. The van der Waals surface area contributed by atoms with Crippen molar-refractivity contribution in [2.75, 3.05) is 13.2 Å². The molecule has 0 spiro atoms. The Balaban J connectivity index is 1.92. The summed E-state index contributed by atoms with van der Waals surface area (Å²) in [4.78, 5) is 0. The first-order valence-electron chi connectivity index (χ1n) is 7.01. The van der Waals surface area contributed by atoms with Gasteiger partial charge in [-0.15, -0.1) is 11.3 Å². The van der Waals surface area contributed by atoms with Gasteiger partial charge in [-0.2, -0.15) is 0 Å². The van der Waals surface area contributed by atoms with Gasteiger partial charge < -0.3 is 10.1 Å². The first kappa shape index (κ1) is 14.4. The van der Waals surface area contributed by atoms with Crippen molar-refractivity contribution in [2.45, 2.75) is 25.8 Å². The van der Waals surface area contributed by atoms with Crippen LogP contribution < -0.4 is 10.1 Å². The first-order chi connectivity index (χ1) is 9.78. The highest BCUT2D eigenvalue weighted by atomic mass is 127. The predicted octanol–water partition coefficient (Wildman–Crippen LogP) is 4.38. The predicted molar refractivity (Wildman–Crippen MR) is 92.8 cm³/mol. The molecule has 0 saturated heterocycles. The Bertz CT molecular complexity index is 596. The van der Waals surface area contributed by atoms with Crippen molar-refractivity contribution >= 4 is 33.9 Å². The average molecular weight is 399 g/mol. The third-order valence-electron chi connectivity index (χ3n) is 3.57. The molecule has 1 atom stereocenters. The zero-order chi connectivity index (χ0) is 13.9. The summed E-state index contributed by atoms with van der Waals surface area (Å²) in [6.45, 7) is 4.06. The molecular weight excluding hydrogens is 381 g/mol. The van der Waals surface area contributed by atoms with Crippen LogP contribution in [0, 0.1) is 2.88 Å². The SMILES string of the molecule is CCCNC(c1csc(I)c1)c1ccc2c(c1)CCO2. The van der Waals surface area contributed by atoms with Crippen molar-refractivity contribution in [3.05, 3.63) is 49.2 Å². The summed E-state index contributed by atoms with van der Waals surface area (Å²) < 4.78 is 6.94. The molecule has 106 valence electrons. The normalized spacial score (nSPS) is 14.9. The Morgan fingerprint density at radius 2 is 2.25 bits per heavy atom. The lowest BCUT2D eigenvalue weighted by Crippen LogP contribution is -2.22. The smallest absolute Gasteiger partial charge is 0.122 e. The molecule has 0 amide bonds. The Hall–Kier alpha value is -0.590. The van der Waals surface area contributed by atoms with Crippen molar-refractivity contribution in [2.24, 2.45) is 0 Å². The van der Waals surface area contributed by atoms with Gasteiger partial charge >= 0.3 is 0 Å². The van der Waals surface area contributed by atoms with Gasteiger partial charge in [-0.1, -0.05) is 19.1 Å². The molecule has 20 heavy (non-hydrogen) atoms. The Morgan fingerprint density at radius 1 is 1.35 bits per heavy atom. The lowest BCUT2D eigenvalue weighted by molar-refractivity contribution is 0.357. The van der Waals surface area contributed by atoms with E-state index in [9.17, 15) is 0 Å². The highest BCUT2D eigenvalue weighted by molar-refractivity contribution is 14.1. The van der Waals surface area contributed by atoms with Crippen LogP contribution in [0.1, 0.15) is 36.1 Å². The molecule has 1 aliphatic heterocycles. The number of fused-ring (bicyclic) bond motifs is 1. The van der Waals surface area contributed by atoms with Gasteiger partial charge in [0.15, 0.2) is 0 Å². The molecule has 2 heterocycles. The van der Waals surface area contributed by atoms with Crippen LogP contribution in [0.3, 0.4) is 0 Å². The van der Waals surface area contributed by atoms with E-state index in [1.165, 1.54) is 19.6 Å². The fourth-order valence-corrected chi connectivity index (χ4v) is 3.98. The molecule has 2 nitrogen and oxygen atoms in total. The summed E-state index contributed by atoms with van der Waals surface area (Å²) in [6.07, 6.45) is 2.18. The lowest BCUT2D eigenvalue weighted by Gasteiger charge is -2.19. The highest BCUT2D eigenvalue weighted by Crippen LogP contribution is 2.32. The van der Waals surface area contributed by atoms with E-state index in [1.54, 1.807) is 0 Å². The molecule has 0 bridgehead atoms. The zero-order valence-electron chi connectivity index (χ0n) is 11.5. The van der Waals surface area contributed by atoms with Crippen LogP contribution in [0.5, 0.6) is 5.75 Å². The number of nitrogens with one attached hydrogen (secondary N) is 1. The Kier molecular flexibility index (Phi) is 4.63. The van der Waals surface area contributed by atoms with Crippen molar-refractivity contribution in [3.63, 3.8) is 0 Å². The topological polar surface area (TPSA) is 21.3 Å².